The lowest BCUT2D eigenvalue weighted by Gasteiger charge is -2.21. The van der Waals surface area contributed by atoms with E-state index >= 15 is 0 Å². The fourth-order valence-corrected chi connectivity index (χ4v) is 3.98. The number of ether oxygens (including phenoxy) is 1. The lowest BCUT2D eigenvalue weighted by molar-refractivity contribution is -0.132. The number of ketones is 1. The van der Waals surface area contributed by atoms with Gasteiger partial charge in [-0.25, -0.2) is 0 Å². The predicted molar refractivity (Wildman–Crippen MR) is 103 cm³/mol. The maximum atomic E-state index is 12.9. The Morgan fingerprint density at radius 3 is 2.57 bits per heavy atom. The lowest BCUT2D eigenvalue weighted by Crippen LogP contribution is -2.29. The SMILES string of the molecule is COc1ccc(/C(O)=C2\C(=O)C(=O)N(c3cc(C)on3)[C@H]2c2cccs2)cc1. The molecule has 0 aliphatic carbocycles. The van der Waals surface area contributed by atoms with E-state index in [1.807, 2.05) is 17.5 Å². The molecule has 1 saturated heterocycles. The smallest absolute Gasteiger partial charge is 0.301 e. The van der Waals surface area contributed by atoms with Crippen LogP contribution in [-0.4, -0.2) is 29.1 Å². The molecule has 8 heteroatoms. The first kappa shape index (κ1) is 18.0. The largest absolute Gasteiger partial charge is 0.507 e. The van der Waals surface area contributed by atoms with Gasteiger partial charge in [0.05, 0.1) is 12.7 Å². The van der Waals surface area contributed by atoms with Crippen molar-refractivity contribution < 1.29 is 24.0 Å². The molecule has 1 aliphatic heterocycles. The molecule has 0 bridgehead atoms. The first-order valence-corrected chi connectivity index (χ1v) is 9.31. The Labute approximate surface area is 164 Å². The van der Waals surface area contributed by atoms with E-state index in [1.54, 1.807) is 37.3 Å². The minimum absolute atomic E-state index is 0.0123. The number of thiophene rings is 1. The van der Waals surface area contributed by atoms with Crippen molar-refractivity contribution in [2.75, 3.05) is 12.0 Å². The quantitative estimate of drug-likeness (QED) is 0.411. The van der Waals surface area contributed by atoms with Gasteiger partial charge in [0.1, 0.15) is 23.3 Å². The number of aliphatic hydroxyl groups excluding tert-OH is 1. The van der Waals surface area contributed by atoms with Gasteiger partial charge in [-0.2, -0.15) is 0 Å². The van der Waals surface area contributed by atoms with E-state index in [4.69, 9.17) is 9.26 Å². The third-order valence-corrected chi connectivity index (χ3v) is 5.41. The van der Waals surface area contributed by atoms with Crippen molar-refractivity contribution in [3.63, 3.8) is 0 Å². The molecule has 1 N–H and O–H groups in total. The van der Waals surface area contributed by atoms with E-state index in [2.05, 4.69) is 5.16 Å². The van der Waals surface area contributed by atoms with E-state index in [9.17, 15) is 14.7 Å². The van der Waals surface area contributed by atoms with Crippen LogP contribution in [0, 0.1) is 6.92 Å². The van der Waals surface area contributed by atoms with Crippen LogP contribution in [0.25, 0.3) is 5.76 Å². The number of hydrogen-bond acceptors (Lipinski definition) is 7. The van der Waals surface area contributed by atoms with Crippen molar-refractivity contribution in [1.82, 2.24) is 5.16 Å². The molecule has 1 fully saturated rings. The van der Waals surface area contributed by atoms with Crippen LogP contribution in [0.4, 0.5) is 5.82 Å². The Morgan fingerprint density at radius 2 is 2.00 bits per heavy atom. The molecule has 2 aromatic heterocycles. The Hall–Kier alpha value is -3.39. The summed E-state index contributed by atoms with van der Waals surface area (Å²) in [5.41, 5.74) is 0.426. The molecule has 1 aliphatic rings. The number of amides is 1. The maximum absolute atomic E-state index is 12.9. The number of aryl methyl sites for hydroxylation is 1. The number of aromatic nitrogens is 1. The van der Waals surface area contributed by atoms with Gasteiger partial charge in [-0.15, -0.1) is 11.3 Å². The predicted octanol–water partition coefficient (Wildman–Crippen LogP) is 3.68. The zero-order valence-electron chi connectivity index (χ0n) is 15.1. The number of hydrogen-bond donors (Lipinski definition) is 1. The highest BCUT2D eigenvalue weighted by molar-refractivity contribution is 7.10. The summed E-state index contributed by atoms with van der Waals surface area (Å²) < 4.78 is 10.2. The van der Waals surface area contributed by atoms with Crippen LogP contribution in [0.15, 0.2) is 57.9 Å². The van der Waals surface area contributed by atoms with E-state index in [-0.39, 0.29) is 17.2 Å². The minimum atomic E-state index is -0.786. The summed E-state index contributed by atoms with van der Waals surface area (Å²) in [5, 5.41) is 16.6. The molecular formula is C20H16N2O5S. The van der Waals surface area contributed by atoms with Gasteiger partial charge in [-0.1, -0.05) is 11.2 Å². The zero-order chi connectivity index (χ0) is 19.8. The molecule has 0 spiro atoms. The van der Waals surface area contributed by atoms with Gasteiger partial charge in [0.2, 0.25) is 0 Å². The van der Waals surface area contributed by atoms with Crippen molar-refractivity contribution in [2.45, 2.75) is 13.0 Å². The number of carbonyl (C=O) groups is 2. The molecule has 3 heterocycles. The monoisotopic (exact) mass is 396 g/mol. The highest BCUT2D eigenvalue weighted by Crippen LogP contribution is 2.43. The van der Waals surface area contributed by atoms with Gasteiger partial charge in [-0.3, -0.25) is 14.5 Å². The molecule has 1 amide bonds. The summed E-state index contributed by atoms with van der Waals surface area (Å²) in [7, 11) is 1.54. The van der Waals surface area contributed by atoms with Crippen molar-refractivity contribution in [3.05, 3.63) is 69.6 Å². The molecular weight excluding hydrogens is 380 g/mol. The summed E-state index contributed by atoms with van der Waals surface area (Å²) in [5.74, 6) is -0.426. The zero-order valence-corrected chi connectivity index (χ0v) is 15.9. The van der Waals surface area contributed by atoms with Crippen molar-refractivity contribution >= 4 is 34.6 Å². The number of carbonyl (C=O) groups excluding carboxylic acids is 2. The number of anilines is 1. The molecule has 28 heavy (non-hydrogen) atoms. The van der Waals surface area contributed by atoms with E-state index < -0.39 is 17.7 Å². The van der Waals surface area contributed by atoms with E-state index in [0.29, 0.717) is 17.1 Å². The second-order valence-corrected chi connectivity index (χ2v) is 7.19. The van der Waals surface area contributed by atoms with E-state index in [1.165, 1.54) is 23.3 Å². The third kappa shape index (κ3) is 2.87. The van der Waals surface area contributed by atoms with Crippen LogP contribution >= 0.6 is 11.3 Å². The van der Waals surface area contributed by atoms with Crippen molar-refractivity contribution in [3.8, 4) is 5.75 Å². The van der Waals surface area contributed by atoms with E-state index in [0.717, 1.165) is 4.88 Å². The molecule has 0 radical (unpaired) electrons. The standard InChI is InChI=1S/C20H16N2O5S/c1-11-10-15(21-27-11)22-17(14-4-3-9-28-14)16(19(24)20(22)25)18(23)12-5-7-13(26-2)8-6-12/h3-10,17,23H,1-2H3/b18-16+/t17-/m0/s1. The van der Waals surface area contributed by atoms with Crippen LogP contribution in [0.1, 0.15) is 22.2 Å². The fraction of sp³-hybridized carbons (Fsp3) is 0.150. The Kier molecular flexibility index (Phi) is 4.48. The normalized spacial score (nSPS) is 18.6. The first-order valence-electron chi connectivity index (χ1n) is 8.43. The summed E-state index contributed by atoms with van der Waals surface area (Å²) in [4.78, 5) is 27.6. The van der Waals surface area contributed by atoms with Gasteiger partial charge < -0.3 is 14.4 Å². The molecule has 7 nitrogen and oxygen atoms in total. The number of methoxy groups -OCH3 is 1. The lowest BCUT2D eigenvalue weighted by atomic mass is 10.00. The first-order chi connectivity index (χ1) is 13.5. The van der Waals surface area contributed by atoms with Gasteiger partial charge in [0.25, 0.3) is 5.78 Å². The van der Waals surface area contributed by atoms with Crippen molar-refractivity contribution in [2.24, 2.45) is 0 Å². The van der Waals surface area contributed by atoms with Crippen LogP contribution in [0.2, 0.25) is 0 Å². The maximum Gasteiger partial charge on any atom is 0.301 e. The molecule has 3 aromatic rings. The number of nitrogens with zero attached hydrogens (tertiary/aromatic N) is 2. The number of Topliss-reactive ketones (excluding diaryl/α,β-unsaturated/α-hetero) is 1. The number of benzene rings is 1. The number of aliphatic hydroxyl groups is 1. The second-order valence-electron chi connectivity index (χ2n) is 6.21. The third-order valence-electron chi connectivity index (χ3n) is 4.48. The Bertz CT molecular complexity index is 1070. The van der Waals surface area contributed by atoms with Crippen LogP contribution in [-0.2, 0) is 9.59 Å². The summed E-state index contributed by atoms with van der Waals surface area (Å²) in [6.07, 6.45) is 0. The molecule has 1 aromatic carbocycles. The van der Waals surface area contributed by atoms with Gasteiger partial charge in [0.15, 0.2) is 5.82 Å². The summed E-state index contributed by atoms with van der Waals surface area (Å²) in [6.45, 7) is 1.70. The van der Waals surface area contributed by atoms with Gasteiger partial charge in [0, 0.05) is 16.5 Å². The molecule has 142 valence electrons. The van der Waals surface area contributed by atoms with Crippen LogP contribution < -0.4 is 9.64 Å². The number of rotatable bonds is 4. The average Bonchev–Trinajstić information content (AvgIpc) is 3.43. The van der Waals surface area contributed by atoms with Crippen molar-refractivity contribution in [1.29, 1.82) is 0 Å². The highest BCUT2D eigenvalue weighted by Gasteiger charge is 2.48. The second kappa shape index (κ2) is 6.97. The summed E-state index contributed by atoms with van der Waals surface area (Å²) in [6, 6.07) is 11.0. The van der Waals surface area contributed by atoms with Gasteiger partial charge >= 0.3 is 5.91 Å². The average molecular weight is 396 g/mol. The molecule has 4 rings (SSSR count). The minimum Gasteiger partial charge on any atom is -0.507 e. The van der Waals surface area contributed by atoms with Crippen LogP contribution in [0.3, 0.4) is 0 Å². The fourth-order valence-electron chi connectivity index (χ4n) is 3.16. The Balaban J connectivity index is 1.89. The molecule has 0 unspecified atom stereocenters. The Morgan fingerprint density at radius 1 is 1.25 bits per heavy atom. The topological polar surface area (TPSA) is 92.9 Å². The highest BCUT2D eigenvalue weighted by atomic mass is 32.1. The summed E-state index contributed by atoms with van der Waals surface area (Å²) >= 11 is 1.38. The molecule has 0 saturated carbocycles. The molecule has 1 atom stereocenters. The van der Waals surface area contributed by atoms with Gasteiger partial charge in [-0.05, 0) is 42.6 Å². The van der Waals surface area contributed by atoms with Crippen LogP contribution in [0.5, 0.6) is 5.75 Å².